The molecule has 0 saturated carbocycles. The van der Waals surface area contributed by atoms with Crippen LogP contribution in [0.4, 0.5) is 5.69 Å². The quantitative estimate of drug-likeness (QED) is 0.636. The van der Waals surface area contributed by atoms with Crippen LogP contribution in [0.2, 0.25) is 0 Å². The van der Waals surface area contributed by atoms with E-state index >= 15 is 0 Å². The average Bonchev–Trinajstić information content (AvgIpc) is 2.82. The van der Waals surface area contributed by atoms with Crippen molar-refractivity contribution < 1.29 is 9.53 Å². The number of anilines is 1. The number of hydrogen-bond acceptors (Lipinski definition) is 6. The fourth-order valence-electron chi connectivity index (χ4n) is 2.59. The molecule has 0 saturated heterocycles. The molecule has 120 valence electrons. The van der Waals surface area contributed by atoms with Gasteiger partial charge in [0.1, 0.15) is 11.9 Å². The van der Waals surface area contributed by atoms with Crippen LogP contribution in [-0.2, 0) is 11.3 Å². The highest BCUT2D eigenvalue weighted by molar-refractivity contribution is 6.14. The highest BCUT2D eigenvalue weighted by Crippen LogP contribution is 2.38. The summed E-state index contributed by atoms with van der Waals surface area (Å²) < 4.78 is 6.88. The smallest absolute Gasteiger partial charge is 0.342 e. The highest BCUT2D eigenvalue weighted by Gasteiger charge is 2.28. The van der Waals surface area contributed by atoms with Gasteiger partial charge in [0.05, 0.1) is 24.0 Å². The summed E-state index contributed by atoms with van der Waals surface area (Å²) in [7, 11) is 1.89. The zero-order valence-corrected chi connectivity index (χ0v) is 13.9. The van der Waals surface area contributed by atoms with E-state index in [1.807, 2.05) is 44.1 Å². The molecule has 7 heteroatoms. The molecule has 2 aromatic rings. The first-order chi connectivity index (χ1) is 11.0. The van der Waals surface area contributed by atoms with Crippen molar-refractivity contribution in [1.82, 2.24) is 14.5 Å². The number of fused-ring (bicyclic) bond motifs is 1. The predicted molar refractivity (Wildman–Crippen MR) is 87.8 cm³/mol. The predicted octanol–water partition coefficient (Wildman–Crippen LogP) is 3.03. The molecule has 1 aliphatic heterocycles. The maximum absolute atomic E-state index is 12.3. The van der Waals surface area contributed by atoms with E-state index in [9.17, 15) is 4.79 Å². The van der Waals surface area contributed by atoms with Crippen molar-refractivity contribution >= 4 is 23.4 Å². The van der Waals surface area contributed by atoms with Crippen molar-refractivity contribution in [2.45, 2.75) is 26.5 Å². The molecule has 0 bridgehead atoms. The van der Waals surface area contributed by atoms with Crippen molar-refractivity contribution in [3.8, 4) is 11.3 Å². The van der Waals surface area contributed by atoms with Gasteiger partial charge in [0.15, 0.2) is 0 Å². The molecule has 0 N–H and O–H groups in total. The summed E-state index contributed by atoms with van der Waals surface area (Å²) in [6, 6.07) is 5.83. The fourth-order valence-corrected chi connectivity index (χ4v) is 2.79. The van der Waals surface area contributed by atoms with Crippen molar-refractivity contribution in [3.05, 3.63) is 41.9 Å². The highest BCUT2D eigenvalue weighted by atomic mass is 35.5. The summed E-state index contributed by atoms with van der Waals surface area (Å²) in [5.74, 6) is -0.428. The van der Waals surface area contributed by atoms with Gasteiger partial charge in [-0.1, -0.05) is 12.1 Å². The number of hydrazine groups is 1. The lowest BCUT2D eigenvalue weighted by atomic mass is 10.00. The zero-order valence-electron chi connectivity index (χ0n) is 13.2. The van der Waals surface area contributed by atoms with Gasteiger partial charge >= 0.3 is 5.97 Å². The number of nitrogens with zero attached hydrogens (tertiary/aromatic N) is 4. The van der Waals surface area contributed by atoms with E-state index in [-0.39, 0.29) is 6.10 Å². The molecule has 1 aliphatic rings. The number of carbonyl (C=O) groups is 1. The largest absolute Gasteiger partial charge is 0.459 e. The van der Waals surface area contributed by atoms with Gasteiger partial charge in [-0.3, -0.25) is 5.01 Å². The maximum atomic E-state index is 12.3. The Morgan fingerprint density at radius 2 is 2.17 bits per heavy atom. The number of ether oxygens (including phenoxy) is 1. The number of benzene rings is 1. The van der Waals surface area contributed by atoms with Crippen LogP contribution in [0.3, 0.4) is 0 Å². The van der Waals surface area contributed by atoms with E-state index in [0.29, 0.717) is 17.8 Å². The van der Waals surface area contributed by atoms with Gasteiger partial charge in [-0.15, -0.1) is 4.53 Å². The van der Waals surface area contributed by atoms with Crippen molar-refractivity contribution in [2.75, 3.05) is 12.1 Å². The van der Waals surface area contributed by atoms with Gasteiger partial charge in [0.25, 0.3) is 0 Å². The maximum Gasteiger partial charge on any atom is 0.342 e. The molecular weight excluding hydrogens is 316 g/mol. The minimum absolute atomic E-state index is 0.207. The summed E-state index contributed by atoms with van der Waals surface area (Å²) >= 11 is 6.19. The average molecular weight is 333 g/mol. The zero-order chi connectivity index (χ0) is 16.6. The Balaban J connectivity index is 2.10. The van der Waals surface area contributed by atoms with Crippen LogP contribution in [0.1, 0.15) is 29.8 Å². The first-order valence-corrected chi connectivity index (χ1v) is 7.63. The fraction of sp³-hybridized carbons (Fsp3) is 0.312. The summed E-state index contributed by atoms with van der Waals surface area (Å²) in [5.41, 5.74) is 3.77. The van der Waals surface area contributed by atoms with Crippen LogP contribution in [0, 0.1) is 0 Å². The second kappa shape index (κ2) is 6.14. The van der Waals surface area contributed by atoms with Gasteiger partial charge in [-0.2, -0.15) is 0 Å². The summed E-state index contributed by atoms with van der Waals surface area (Å²) in [6.07, 6.45) is 2.71. The summed E-state index contributed by atoms with van der Waals surface area (Å²) in [4.78, 5) is 20.6. The molecule has 23 heavy (non-hydrogen) atoms. The third-order valence-corrected chi connectivity index (χ3v) is 3.99. The second-order valence-corrected chi connectivity index (χ2v) is 5.95. The third-order valence-electron chi connectivity index (χ3n) is 3.64. The monoisotopic (exact) mass is 332 g/mol. The number of rotatable bonds is 3. The Morgan fingerprint density at radius 3 is 2.91 bits per heavy atom. The van der Waals surface area contributed by atoms with E-state index in [4.69, 9.17) is 16.5 Å². The molecule has 0 unspecified atom stereocenters. The number of carbonyl (C=O) groups excluding carboxylic acids is 1. The van der Waals surface area contributed by atoms with Crippen LogP contribution in [0.5, 0.6) is 0 Å². The minimum Gasteiger partial charge on any atom is -0.459 e. The lowest BCUT2D eigenvalue weighted by Crippen LogP contribution is -2.24. The Kier molecular flexibility index (Phi) is 4.19. The molecule has 3 rings (SSSR count). The van der Waals surface area contributed by atoms with Crippen molar-refractivity contribution in [3.63, 3.8) is 0 Å². The van der Waals surface area contributed by atoms with Gasteiger partial charge in [-0.25, -0.2) is 14.8 Å². The minimum atomic E-state index is -0.428. The van der Waals surface area contributed by atoms with E-state index < -0.39 is 5.97 Å². The van der Waals surface area contributed by atoms with Crippen LogP contribution in [0.25, 0.3) is 11.3 Å². The summed E-state index contributed by atoms with van der Waals surface area (Å²) in [6.45, 7) is 4.15. The molecule has 0 spiro atoms. The molecule has 0 radical (unpaired) electrons. The molecular formula is C16H17ClN4O2. The van der Waals surface area contributed by atoms with E-state index in [1.54, 1.807) is 4.53 Å². The molecule has 0 fully saturated rings. The SMILES string of the molecule is CC(C)OC(=O)c1cncnc1-c1cccc2c1CN(Cl)N2C. The number of hydrogen-bond donors (Lipinski definition) is 0. The van der Waals surface area contributed by atoms with Gasteiger partial charge in [0, 0.05) is 36.1 Å². The number of esters is 1. The Bertz CT molecular complexity index is 751. The van der Waals surface area contributed by atoms with E-state index in [2.05, 4.69) is 9.97 Å². The standard InChI is InChI=1S/C16H17ClN4O2/c1-10(2)23-16(22)12-7-18-9-19-15(12)11-5-4-6-14-13(11)8-21(17)20(14)3/h4-7,9-10H,8H2,1-3H3. The van der Waals surface area contributed by atoms with Gasteiger partial charge in [-0.05, 0) is 19.9 Å². The first-order valence-electron chi connectivity index (χ1n) is 7.29. The van der Waals surface area contributed by atoms with Crippen LogP contribution in [0.15, 0.2) is 30.7 Å². The Morgan fingerprint density at radius 1 is 1.39 bits per heavy atom. The lowest BCUT2D eigenvalue weighted by Gasteiger charge is -2.18. The Labute approximate surface area is 139 Å². The Hall–Kier alpha value is -2.18. The second-order valence-electron chi connectivity index (χ2n) is 5.56. The van der Waals surface area contributed by atoms with Crippen molar-refractivity contribution in [1.29, 1.82) is 0 Å². The number of halogens is 1. The molecule has 1 aromatic heterocycles. The topological polar surface area (TPSA) is 58.6 Å². The molecule has 0 aliphatic carbocycles. The molecule has 0 amide bonds. The summed E-state index contributed by atoms with van der Waals surface area (Å²) in [5, 5.41) is 1.85. The molecule has 6 nitrogen and oxygen atoms in total. The van der Waals surface area contributed by atoms with Crippen LogP contribution < -0.4 is 5.01 Å². The van der Waals surface area contributed by atoms with E-state index in [0.717, 1.165) is 16.8 Å². The van der Waals surface area contributed by atoms with Crippen LogP contribution >= 0.6 is 11.8 Å². The molecule has 1 aromatic carbocycles. The molecule has 0 atom stereocenters. The lowest BCUT2D eigenvalue weighted by molar-refractivity contribution is 0.0378. The normalized spacial score (nSPS) is 14.2. The first kappa shape index (κ1) is 15.7. The number of aromatic nitrogens is 2. The van der Waals surface area contributed by atoms with Gasteiger partial charge < -0.3 is 4.74 Å². The van der Waals surface area contributed by atoms with Gasteiger partial charge in [0.2, 0.25) is 0 Å². The molecule has 2 heterocycles. The third kappa shape index (κ3) is 2.87. The van der Waals surface area contributed by atoms with E-state index in [1.165, 1.54) is 12.5 Å². The van der Waals surface area contributed by atoms with Crippen LogP contribution in [-0.4, -0.2) is 33.6 Å². The van der Waals surface area contributed by atoms with Crippen molar-refractivity contribution in [2.24, 2.45) is 0 Å².